The Morgan fingerprint density at radius 3 is 2.89 bits per heavy atom. The van der Waals surface area contributed by atoms with Crippen molar-refractivity contribution in [3.8, 4) is 0 Å². The molecule has 0 saturated carbocycles. The lowest BCUT2D eigenvalue weighted by Gasteiger charge is -2.20. The van der Waals surface area contributed by atoms with Crippen molar-refractivity contribution < 1.29 is 0 Å². The van der Waals surface area contributed by atoms with Crippen LogP contribution in [0.4, 0.5) is 5.82 Å². The molecule has 2 aromatic heterocycles. The normalized spacial score (nSPS) is 10.7. The van der Waals surface area contributed by atoms with Crippen LogP contribution in [0.25, 0.3) is 0 Å². The van der Waals surface area contributed by atoms with Crippen LogP contribution in [-0.2, 0) is 13.1 Å². The minimum Gasteiger partial charge on any atom is -0.354 e. The molecule has 0 amide bonds. The van der Waals surface area contributed by atoms with E-state index in [9.17, 15) is 0 Å². The Balaban J connectivity index is 2.20. The number of nitrogens with two attached hydrogens (primary N) is 1. The fourth-order valence-corrected chi connectivity index (χ4v) is 3.23. The van der Waals surface area contributed by atoms with Gasteiger partial charge < -0.3 is 10.6 Å². The van der Waals surface area contributed by atoms with E-state index in [2.05, 4.69) is 25.8 Å². The van der Waals surface area contributed by atoms with Crippen LogP contribution in [0.15, 0.2) is 28.9 Å². The summed E-state index contributed by atoms with van der Waals surface area (Å²) in [6.07, 6.45) is 1.78. The number of aromatic nitrogens is 1. The average Bonchev–Trinajstić information content (AvgIpc) is 2.74. The second-order valence-electron chi connectivity index (χ2n) is 3.90. The highest BCUT2D eigenvalue weighted by atomic mass is 79.9. The molecule has 0 aliphatic carbocycles. The van der Waals surface area contributed by atoms with Crippen LogP contribution < -0.4 is 10.6 Å². The molecule has 0 saturated heterocycles. The van der Waals surface area contributed by atoms with Gasteiger partial charge in [-0.15, -0.1) is 11.3 Å². The maximum atomic E-state index is 5.93. The Morgan fingerprint density at radius 2 is 2.28 bits per heavy atom. The van der Waals surface area contributed by atoms with Gasteiger partial charge in [0.1, 0.15) is 5.82 Å². The van der Waals surface area contributed by atoms with Crippen LogP contribution in [0.2, 0.25) is 4.34 Å². The highest BCUT2D eigenvalue weighted by Crippen LogP contribution is 2.26. The molecule has 18 heavy (non-hydrogen) atoms. The molecule has 2 heterocycles. The number of hydrogen-bond acceptors (Lipinski definition) is 4. The van der Waals surface area contributed by atoms with Gasteiger partial charge in [0, 0.05) is 34.7 Å². The quantitative estimate of drug-likeness (QED) is 0.918. The topological polar surface area (TPSA) is 42.2 Å². The third kappa shape index (κ3) is 3.23. The summed E-state index contributed by atoms with van der Waals surface area (Å²) >= 11 is 10.9. The van der Waals surface area contributed by atoms with E-state index in [1.165, 1.54) is 4.88 Å². The molecule has 0 bridgehead atoms. The Labute approximate surface area is 124 Å². The third-order valence-electron chi connectivity index (χ3n) is 2.51. The maximum absolute atomic E-state index is 5.93. The number of rotatable bonds is 4. The van der Waals surface area contributed by atoms with E-state index in [1.807, 2.05) is 25.2 Å². The van der Waals surface area contributed by atoms with Crippen molar-refractivity contribution in [2.24, 2.45) is 5.73 Å². The van der Waals surface area contributed by atoms with E-state index < -0.39 is 0 Å². The van der Waals surface area contributed by atoms with Gasteiger partial charge in [0.25, 0.3) is 0 Å². The van der Waals surface area contributed by atoms with E-state index in [-0.39, 0.29) is 0 Å². The fourth-order valence-electron chi connectivity index (χ4n) is 1.71. The van der Waals surface area contributed by atoms with Gasteiger partial charge in [0.15, 0.2) is 0 Å². The number of halogens is 2. The SMILES string of the molecule is CN(Cc1ccc(Cl)s1)c1ncc(Br)cc1CN. The van der Waals surface area contributed by atoms with Gasteiger partial charge >= 0.3 is 0 Å². The predicted molar refractivity (Wildman–Crippen MR) is 81.3 cm³/mol. The molecule has 0 fully saturated rings. The second kappa shape index (κ2) is 6.02. The van der Waals surface area contributed by atoms with Crippen LogP contribution in [0.5, 0.6) is 0 Å². The van der Waals surface area contributed by atoms with Crippen molar-refractivity contribution in [3.63, 3.8) is 0 Å². The highest BCUT2D eigenvalue weighted by Gasteiger charge is 2.10. The van der Waals surface area contributed by atoms with Crippen molar-refractivity contribution in [2.45, 2.75) is 13.1 Å². The zero-order valence-corrected chi connectivity index (χ0v) is 13.0. The molecular weight excluding hydrogens is 334 g/mol. The molecule has 2 rings (SSSR count). The van der Waals surface area contributed by atoms with Crippen LogP contribution in [0.3, 0.4) is 0 Å². The Morgan fingerprint density at radius 1 is 1.50 bits per heavy atom. The molecule has 2 aromatic rings. The van der Waals surface area contributed by atoms with Crippen molar-refractivity contribution in [1.82, 2.24) is 4.98 Å². The largest absolute Gasteiger partial charge is 0.354 e. The molecule has 6 heteroatoms. The summed E-state index contributed by atoms with van der Waals surface area (Å²) < 4.78 is 1.75. The van der Waals surface area contributed by atoms with Crippen molar-refractivity contribution >= 4 is 44.7 Å². The van der Waals surface area contributed by atoms with E-state index in [1.54, 1.807) is 17.5 Å². The van der Waals surface area contributed by atoms with E-state index in [4.69, 9.17) is 17.3 Å². The smallest absolute Gasteiger partial charge is 0.133 e. The molecule has 3 nitrogen and oxygen atoms in total. The molecular formula is C12H13BrClN3S. The predicted octanol–water partition coefficient (Wildman–Crippen LogP) is 3.65. The van der Waals surface area contributed by atoms with E-state index in [0.717, 1.165) is 26.7 Å². The number of anilines is 1. The summed E-state index contributed by atoms with van der Waals surface area (Å²) in [5.41, 5.74) is 6.77. The molecule has 0 aromatic carbocycles. The standard InChI is InChI=1S/C12H13BrClN3S/c1-17(7-10-2-3-11(14)18-10)12-8(5-15)4-9(13)6-16-12/h2-4,6H,5,7,15H2,1H3. The minimum absolute atomic E-state index is 0.470. The minimum atomic E-state index is 0.470. The van der Waals surface area contributed by atoms with Crippen LogP contribution in [0.1, 0.15) is 10.4 Å². The monoisotopic (exact) mass is 345 g/mol. The summed E-state index contributed by atoms with van der Waals surface area (Å²) in [5.74, 6) is 0.908. The Kier molecular flexibility index (Phi) is 4.61. The van der Waals surface area contributed by atoms with E-state index >= 15 is 0 Å². The Bertz CT molecular complexity index is 544. The average molecular weight is 347 g/mol. The first kappa shape index (κ1) is 13.8. The van der Waals surface area contributed by atoms with E-state index in [0.29, 0.717) is 6.54 Å². The summed E-state index contributed by atoms with van der Waals surface area (Å²) in [4.78, 5) is 7.71. The zero-order chi connectivity index (χ0) is 13.1. The molecule has 0 radical (unpaired) electrons. The van der Waals surface area contributed by atoms with Gasteiger partial charge in [-0.05, 0) is 34.1 Å². The van der Waals surface area contributed by atoms with Gasteiger partial charge in [-0.2, -0.15) is 0 Å². The van der Waals surface area contributed by atoms with Crippen LogP contribution in [-0.4, -0.2) is 12.0 Å². The first-order valence-corrected chi connectivity index (χ1v) is 7.38. The second-order valence-corrected chi connectivity index (χ2v) is 6.62. The van der Waals surface area contributed by atoms with Crippen molar-refractivity contribution in [3.05, 3.63) is 43.6 Å². The Hall–Kier alpha value is -0.620. The van der Waals surface area contributed by atoms with Gasteiger partial charge in [0.05, 0.1) is 10.9 Å². The zero-order valence-electron chi connectivity index (χ0n) is 9.86. The fraction of sp³-hybridized carbons (Fsp3) is 0.250. The molecule has 0 spiro atoms. The maximum Gasteiger partial charge on any atom is 0.133 e. The first-order valence-electron chi connectivity index (χ1n) is 5.40. The summed E-state index contributed by atoms with van der Waals surface area (Å²) in [5, 5.41) is 0. The molecule has 96 valence electrons. The summed E-state index contributed by atoms with van der Waals surface area (Å²) in [6, 6.07) is 5.94. The van der Waals surface area contributed by atoms with Gasteiger partial charge in [-0.3, -0.25) is 0 Å². The third-order valence-corrected chi connectivity index (χ3v) is 4.16. The molecule has 2 N–H and O–H groups in total. The lowest BCUT2D eigenvalue weighted by atomic mass is 10.2. The number of pyridine rings is 1. The van der Waals surface area contributed by atoms with Gasteiger partial charge in [-0.25, -0.2) is 4.98 Å². The van der Waals surface area contributed by atoms with Crippen molar-refractivity contribution in [1.29, 1.82) is 0 Å². The number of hydrogen-bond donors (Lipinski definition) is 1. The number of thiophene rings is 1. The molecule has 0 atom stereocenters. The molecule has 0 aliphatic rings. The van der Waals surface area contributed by atoms with Crippen molar-refractivity contribution in [2.75, 3.05) is 11.9 Å². The van der Waals surface area contributed by atoms with Crippen LogP contribution in [0, 0.1) is 0 Å². The molecule has 0 unspecified atom stereocenters. The summed E-state index contributed by atoms with van der Waals surface area (Å²) in [7, 11) is 2.00. The number of nitrogens with zero attached hydrogens (tertiary/aromatic N) is 2. The highest BCUT2D eigenvalue weighted by molar-refractivity contribution is 9.10. The lowest BCUT2D eigenvalue weighted by molar-refractivity contribution is 0.886. The van der Waals surface area contributed by atoms with Gasteiger partial charge in [0.2, 0.25) is 0 Å². The lowest BCUT2D eigenvalue weighted by Crippen LogP contribution is -2.19. The molecule has 0 aliphatic heterocycles. The summed E-state index contributed by atoms with van der Waals surface area (Å²) in [6.45, 7) is 1.25. The first-order chi connectivity index (χ1) is 8.60. The van der Waals surface area contributed by atoms with Gasteiger partial charge in [-0.1, -0.05) is 11.6 Å². The van der Waals surface area contributed by atoms with Crippen LogP contribution >= 0.6 is 38.9 Å².